The Bertz CT molecular complexity index is 1420. The lowest BCUT2D eigenvalue weighted by Gasteiger charge is -2.05. The van der Waals surface area contributed by atoms with Crippen LogP contribution in [0.25, 0.3) is 21.5 Å². The van der Waals surface area contributed by atoms with Crippen molar-refractivity contribution in [2.45, 2.75) is 6.42 Å². The van der Waals surface area contributed by atoms with Gasteiger partial charge in [0.25, 0.3) is 5.56 Å². The number of hydrogen-bond donors (Lipinski definition) is 1. The van der Waals surface area contributed by atoms with Gasteiger partial charge in [-0.05, 0) is 23.1 Å². The maximum Gasteiger partial charge on any atom is 0.331 e. The zero-order valence-electron chi connectivity index (χ0n) is 15.7. The molecule has 0 aliphatic rings. The predicted molar refractivity (Wildman–Crippen MR) is 122 cm³/mol. The Morgan fingerprint density at radius 3 is 2.60 bits per heavy atom. The molecule has 154 valence electrons. The second kappa shape index (κ2) is 7.99. The van der Waals surface area contributed by atoms with Crippen molar-refractivity contribution in [1.29, 1.82) is 0 Å². The standard InChI is InChI=1S/C19H14Cl2N4O3S2/c1-24-16(27)15-10(7-29-17(15)25(2)19(24)28)6-14(26)23-18-22-13(8-30-18)9-3-4-11(20)12(21)5-9/h3-5,7-8H,6H2,1-2H3,(H,22,23,26). The number of benzene rings is 1. The fraction of sp³-hybridized carbons (Fsp3) is 0.158. The van der Waals surface area contributed by atoms with Crippen molar-refractivity contribution in [1.82, 2.24) is 14.1 Å². The average molecular weight is 481 g/mol. The van der Waals surface area contributed by atoms with Crippen LogP contribution in [-0.4, -0.2) is 20.0 Å². The highest BCUT2D eigenvalue weighted by atomic mass is 35.5. The van der Waals surface area contributed by atoms with Gasteiger partial charge in [0.1, 0.15) is 4.83 Å². The van der Waals surface area contributed by atoms with Gasteiger partial charge < -0.3 is 5.32 Å². The summed E-state index contributed by atoms with van der Waals surface area (Å²) in [4.78, 5) is 42.1. The van der Waals surface area contributed by atoms with Crippen molar-refractivity contribution in [2.24, 2.45) is 14.1 Å². The van der Waals surface area contributed by atoms with Crippen molar-refractivity contribution in [3.8, 4) is 11.3 Å². The number of anilines is 1. The molecule has 0 saturated heterocycles. The molecule has 0 atom stereocenters. The highest BCUT2D eigenvalue weighted by Gasteiger charge is 2.17. The van der Waals surface area contributed by atoms with Crippen LogP contribution in [0.4, 0.5) is 5.13 Å². The van der Waals surface area contributed by atoms with E-state index in [4.69, 9.17) is 23.2 Å². The van der Waals surface area contributed by atoms with E-state index in [-0.39, 0.29) is 12.3 Å². The van der Waals surface area contributed by atoms with Crippen LogP contribution in [0.1, 0.15) is 5.56 Å². The number of nitrogens with zero attached hydrogens (tertiary/aromatic N) is 3. The molecule has 0 radical (unpaired) electrons. The quantitative estimate of drug-likeness (QED) is 0.479. The van der Waals surface area contributed by atoms with Crippen LogP contribution >= 0.6 is 45.9 Å². The number of amides is 1. The van der Waals surface area contributed by atoms with Crippen LogP contribution in [-0.2, 0) is 25.3 Å². The summed E-state index contributed by atoms with van der Waals surface area (Å²) < 4.78 is 2.45. The average Bonchev–Trinajstić information content (AvgIpc) is 3.34. The lowest BCUT2D eigenvalue weighted by molar-refractivity contribution is -0.115. The van der Waals surface area contributed by atoms with Gasteiger partial charge in [-0.25, -0.2) is 9.78 Å². The molecule has 3 aromatic heterocycles. The summed E-state index contributed by atoms with van der Waals surface area (Å²) in [6.07, 6.45) is -0.00483. The summed E-state index contributed by atoms with van der Waals surface area (Å²) in [5.41, 5.74) is 1.22. The summed E-state index contributed by atoms with van der Waals surface area (Å²) in [5, 5.41) is 7.99. The molecule has 4 rings (SSSR count). The number of carbonyl (C=O) groups is 1. The molecule has 0 saturated carbocycles. The summed E-state index contributed by atoms with van der Waals surface area (Å²) in [6, 6.07) is 5.20. The molecule has 7 nitrogen and oxygen atoms in total. The van der Waals surface area contributed by atoms with Gasteiger partial charge >= 0.3 is 5.69 Å². The van der Waals surface area contributed by atoms with Gasteiger partial charge in [-0.15, -0.1) is 22.7 Å². The Morgan fingerprint density at radius 2 is 1.87 bits per heavy atom. The Morgan fingerprint density at radius 1 is 1.10 bits per heavy atom. The van der Waals surface area contributed by atoms with Crippen LogP contribution in [0.3, 0.4) is 0 Å². The van der Waals surface area contributed by atoms with Crippen LogP contribution in [0.15, 0.2) is 38.5 Å². The summed E-state index contributed by atoms with van der Waals surface area (Å²) in [7, 11) is 3.02. The summed E-state index contributed by atoms with van der Waals surface area (Å²) >= 11 is 14.5. The number of fused-ring (bicyclic) bond motifs is 1. The van der Waals surface area contributed by atoms with Crippen LogP contribution in [0.2, 0.25) is 10.0 Å². The zero-order valence-corrected chi connectivity index (χ0v) is 18.9. The molecule has 3 heterocycles. The highest BCUT2D eigenvalue weighted by molar-refractivity contribution is 7.17. The minimum Gasteiger partial charge on any atom is -0.302 e. The molecular formula is C19H14Cl2N4O3S2. The van der Waals surface area contributed by atoms with Gasteiger partial charge in [-0.2, -0.15) is 0 Å². The van der Waals surface area contributed by atoms with E-state index < -0.39 is 11.2 Å². The molecule has 0 aliphatic heterocycles. The van der Waals surface area contributed by atoms with Crippen molar-refractivity contribution in [2.75, 3.05) is 5.32 Å². The zero-order chi connectivity index (χ0) is 21.6. The molecule has 0 spiro atoms. The Labute approximate surface area is 188 Å². The van der Waals surface area contributed by atoms with Crippen LogP contribution in [0.5, 0.6) is 0 Å². The molecule has 1 N–H and O–H groups in total. The van der Waals surface area contributed by atoms with Gasteiger partial charge in [0.15, 0.2) is 5.13 Å². The largest absolute Gasteiger partial charge is 0.331 e. The maximum atomic E-state index is 12.6. The fourth-order valence-corrected chi connectivity index (χ4v) is 5.07. The number of carbonyl (C=O) groups excluding carboxylic acids is 1. The molecule has 1 amide bonds. The molecule has 0 fully saturated rings. The number of thiophene rings is 1. The molecule has 1 aromatic carbocycles. The number of aryl methyl sites for hydroxylation is 1. The molecule has 0 unspecified atom stereocenters. The second-order valence-corrected chi connectivity index (χ2v) is 9.07. The van der Waals surface area contributed by atoms with E-state index in [1.54, 1.807) is 36.0 Å². The van der Waals surface area contributed by atoms with Gasteiger partial charge in [-0.3, -0.25) is 18.7 Å². The van der Waals surface area contributed by atoms with Crippen LogP contribution in [0, 0.1) is 0 Å². The smallest absolute Gasteiger partial charge is 0.302 e. The third kappa shape index (κ3) is 3.69. The van der Waals surface area contributed by atoms with Gasteiger partial charge in [0.05, 0.1) is 27.5 Å². The third-order valence-electron chi connectivity index (χ3n) is 4.56. The topological polar surface area (TPSA) is 86.0 Å². The first-order valence-electron chi connectivity index (χ1n) is 8.63. The van der Waals surface area contributed by atoms with Gasteiger partial charge in [0, 0.05) is 25.0 Å². The minimum atomic E-state index is -0.409. The molecule has 11 heteroatoms. The Hall–Kier alpha value is -2.46. The normalized spacial score (nSPS) is 11.2. The van der Waals surface area contributed by atoms with E-state index in [1.165, 1.54) is 34.3 Å². The van der Waals surface area contributed by atoms with Crippen molar-refractivity contribution < 1.29 is 4.79 Å². The fourth-order valence-electron chi connectivity index (χ4n) is 3.01. The van der Waals surface area contributed by atoms with E-state index in [0.29, 0.717) is 36.7 Å². The first kappa shape index (κ1) is 20.8. The summed E-state index contributed by atoms with van der Waals surface area (Å²) in [5.74, 6) is -0.305. The Balaban J connectivity index is 1.56. The molecule has 4 aromatic rings. The van der Waals surface area contributed by atoms with E-state index in [1.807, 2.05) is 0 Å². The number of hydrogen-bond acceptors (Lipinski definition) is 6. The number of rotatable bonds is 4. The van der Waals surface area contributed by atoms with Crippen LogP contribution < -0.4 is 16.6 Å². The Kier molecular flexibility index (Phi) is 5.54. The van der Waals surface area contributed by atoms with Gasteiger partial charge in [0.2, 0.25) is 5.91 Å². The number of halogens is 2. The molecular weight excluding hydrogens is 467 g/mol. The number of aromatic nitrogens is 3. The highest BCUT2D eigenvalue weighted by Crippen LogP contribution is 2.30. The predicted octanol–water partition coefficient (Wildman–Crippen LogP) is 3.91. The first-order valence-corrected chi connectivity index (χ1v) is 11.1. The van der Waals surface area contributed by atoms with Crippen molar-refractivity contribution in [3.05, 3.63) is 65.4 Å². The van der Waals surface area contributed by atoms with Crippen molar-refractivity contribution >= 4 is 67.1 Å². The van der Waals surface area contributed by atoms with E-state index in [9.17, 15) is 14.4 Å². The number of thiazole rings is 1. The number of nitrogens with one attached hydrogen (secondary N) is 1. The molecule has 0 aliphatic carbocycles. The maximum absolute atomic E-state index is 12.6. The second-order valence-electron chi connectivity index (χ2n) is 6.54. The lowest BCUT2D eigenvalue weighted by atomic mass is 10.1. The van der Waals surface area contributed by atoms with E-state index in [2.05, 4.69) is 10.3 Å². The monoisotopic (exact) mass is 480 g/mol. The van der Waals surface area contributed by atoms with Crippen molar-refractivity contribution in [3.63, 3.8) is 0 Å². The van der Waals surface area contributed by atoms with E-state index >= 15 is 0 Å². The minimum absolute atomic E-state index is 0.00483. The first-order chi connectivity index (χ1) is 14.3. The molecule has 0 bridgehead atoms. The molecule has 30 heavy (non-hydrogen) atoms. The van der Waals surface area contributed by atoms with Gasteiger partial charge in [-0.1, -0.05) is 29.3 Å². The SMILES string of the molecule is Cn1c(=O)c2c(CC(=O)Nc3nc(-c4ccc(Cl)c(Cl)c4)cs3)csc2n(C)c1=O. The van der Waals surface area contributed by atoms with E-state index in [0.717, 1.165) is 10.1 Å². The lowest BCUT2D eigenvalue weighted by Crippen LogP contribution is -2.36. The third-order valence-corrected chi connectivity index (χ3v) is 7.16. The summed E-state index contributed by atoms with van der Waals surface area (Å²) in [6.45, 7) is 0.